The Bertz CT molecular complexity index is 907. The quantitative estimate of drug-likeness (QED) is 0.337. The fourth-order valence-electron chi connectivity index (χ4n) is 3.23. The van der Waals surface area contributed by atoms with Gasteiger partial charge in [-0.15, -0.1) is 0 Å². The Morgan fingerprint density at radius 1 is 1.28 bits per heavy atom. The van der Waals surface area contributed by atoms with E-state index in [2.05, 4.69) is 0 Å². The summed E-state index contributed by atoms with van der Waals surface area (Å²) in [6, 6.07) is 4.04. The van der Waals surface area contributed by atoms with Crippen LogP contribution in [0.3, 0.4) is 0 Å². The van der Waals surface area contributed by atoms with Gasteiger partial charge >= 0.3 is 12.1 Å². The van der Waals surface area contributed by atoms with Gasteiger partial charge in [0.25, 0.3) is 0 Å². The first-order valence-corrected chi connectivity index (χ1v) is 8.95. The Hall–Kier alpha value is -2.67. The number of hydrogen-bond donors (Lipinski definition) is 1. The van der Waals surface area contributed by atoms with Crippen molar-refractivity contribution in [2.75, 3.05) is 0 Å². The van der Waals surface area contributed by atoms with E-state index in [9.17, 15) is 27.9 Å². The molecule has 1 aliphatic carbocycles. The fraction of sp³-hybridized carbons (Fsp3) is 0.364. The Balaban J connectivity index is 2.16. The van der Waals surface area contributed by atoms with Gasteiger partial charge in [0, 0.05) is 17.9 Å². The molecule has 2 rings (SSSR count). The van der Waals surface area contributed by atoms with E-state index in [1.807, 2.05) is 0 Å². The fourth-order valence-corrected chi connectivity index (χ4v) is 3.23. The number of aliphatic hydroxyl groups is 1. The van der Waals surface area contributed by atoms with Gasteiger partial charge < -0.3 is 9.84 Å². The second-order valence-electron chi connectivity index (χ2n) is 7.79. The Labute approximate surface area is 167 Å². The highest BCUT2D eigenvalue weighted by Crippen LogP contribution is 2.44. The molecule has 0 spiro atoms. The molecular weight excluding hydrogens is 385 g/mol. The molecule has 0 aliphatic heterocycles. The zero-order valence-corrected chi connectivity index (χ0v) is 16.6. The van der Waals surface area contributed by atoms with Crippen molar-refractivity contribution in [3.63, 3.8) is 0 Å². The number of alkyl halides is 3. The molecule has 1 atom stereocenters. The van der Waals surface area contributed by atoms with Gasteiger partial charge in [0.2, 0.25) is 0 Å². The van der Waals surface area contributed by atoms with Crippen LogP contribution >= 0.6 is 0 Å². The number of halogens is 3. The van der Waals surface area contributed by atoms with Crippen LogP contribution < -0.4 is 4.74 Å². The molecule has 0 radical (unpaired) electrons. The molecule has 0 saturated carbocycles. The standard InChI is InChI=1S/C22H23F3O4/c1-14(8-9-21(28)15(2)11-17(26)13-20(21,3)4)10-19(27)29-18-7-5-6-16(12-18)22(23,24)25/h5-12,28H,13H2,1-4H3/b9-8+,14-10+. The van der Waals surface area contributed by atoms with Gasteiger partial charge in [0.15, 0.2) is 5.78 Å². The summed E-state index contributed by atoms with van der Waals surface area (Å²) < 4.78 is 43.2. The number of allylic oxidation sites excluding steroid dienone is 3. The SMILES string of the molecule is CC1=CC(=O)CC(C)(C)C1(O)/C=C/C(C)=C/C(=O)Oc1cccc(C(F)(F)F)c1. The second-order valence-corrected chi connectivity index (χ2v) is 7.79. The summed E-state index contributed by atoms with van der Waals surface area (Å²) >= 11 is 0. The maximum absolute atomic E-state index is 12.7. The third-order valence-electron chi connectivity index (χ3n) is 4.94. The number of esters is 1. The van der Waals surface area contributed by atoms with Crippen molar-refractivity contribution < 1.29 is 32.6 Å². The Morgan fingerprint density at radius 2 is 1.93 bits per heavy atom. The number of ether oxygens (including phenoxy) is 1. The lowest BCUT2D eigenvalue weighted by molar-refractivity contribution is -0.138. The molecule has 1 aromatic rings. The monoisotopic (exact) mass is 408 g/mol. The van der Waals surface area contributed by atoms with Crippen LogP contribution in [0.5, 0.6) is 5.75 Å². The summed E-state index contributed by atoms with van der Waals surface area (Å²) in [6.07, 6.45) is 1.17. The molecule has 1 N–H and O–H groups in total. The summed E-state index contributed by atoms with van der Waals surface area (Å²) in [5.74, 6) is -1.13. The molecule has 7 heteroatoms. The summed E-state index contributed by atoms with van der Waals surface area (Å²) in [7, 11) is 0. The van der Waals surface area contributed by atoms with E-state index in [1.165, 1.54) is 24.3 Å². The van der Waals surface area contributed by atoms with E-state index >= 15 is 0 Å². The van der Waals surface area contributed by atoms with Crippen molar-refractivity contribution in [2.45, 2.75) is 45.9 Å². The van der Waals surface area contributed by atoms with E-state index in [-0.39, 0.29) is 18.0 Å². The van der Waals surface area contributed by atoms with E-state index in [0.29, 0.717) is 11.1 Å². The van der Waals surface area contributed by atoms with Crippen molar-refractivity contribution in [3.05, 3.63) is 65.3 Å². The number of carbonyl (C=O) groups excluding carboxylic acids is 2. The number of benzene rings is 1. The average molecular weight is 408 g/mol. The third kappa shape index (κ3) is 5.23. The van der Waals surface area contributed by atoms with Gasteiger partial charge in [-0.3, -0.25) is 4.79 Å². The van der Waals surface area contributed by atoms with Crippen LogP contribution in [0.15, 0.2) is 59.7 Å². The Morgan fingerprint density at radius 3 is 2.52 bits per heavy atom. The van der Waals surface area contributed by atoms with E-state index in [4.69, 9.17) is 4.74 Å². The molecule has 0 bridgehead atoms. The number of carbonyl (C=O) groups is 2. The first-order chi connectivity index (χ1) is 13.2. The van der Waals surface area contributed by atoms with Crippen LogP contribution in [0, 0.1) is 5.41 Å². The molecule has 0 amide bonds. The molecule has 4 nitrogen and oxygen atoms in total. The van der Waals surface area contributed by atoms with Crippen molar-refractivity contribution in [1.29, 1.82) is 0 Å². The largest absolute Gasteiger partial charge is 0.423 e. The lowest BCUT2D eigenvalue weighted by Crippen LogP contribution is -2.48. The minimum absolute atomic E-state index is 0.0671. The average Bonchev–Trinajstić information content (AvgIpc) is 2.57. The Kier molecular flexibility index (Phi) is 6.23. The van der Waals surface area contributed by atoms with Crippen LogP contribution in [0.2, 0.25) is 0 Å². The highest BCUT2D eigenvalue weighted by molar-refractivity contribution is 5.92. The molecule has 0 aromatic heterocycles. The minimum Gasteiger partial charge on any atom is -0.423 e. The van der Waals surface area contributed by atoms with Crippen LogP contribution in [0.1, 0.15) is 39.7 Å². The molecule has 1 aliphatic rings. The molecule has 0 saturated heterocycles. The van der Waals surface area contributed by atoms with Crippen LogP contribution in [-0.2, 0) is 15.8 Å². The van der Waals surface area contributed by atoms with Crippen molar-refractivity contribution in [3.8, 4) is 5.75 Å². The van der Waals surface area contributed by atoms with Gasteiger partial charge in [-0.2, -0.15) is 13.2 Å². The molecule has 1 aromatic carbocycles. The van der Waals surface area contributed by atoms with E-state index in [1.54, 1.807) is 27.7 Å². The van der Waals surface area contributed by atoms with Gasteiger partial charge in [-0.1, -0.05) is 26.0 Å². The number of ketones is 1. The molecular formula is C22H23F3O4. The van der Waals surface area contributed by atoms with Crippen molar-refractivity contribution in [2.24, 2.45) is 5.41 Å². The maximum atomic E-state index is 12.7. The molecule has 1 unspecified atom stereocenters. The topological polar surface area (TPSA) is 63.6 Å². The van der Waals surface area contributed by atoms with Crippen LogP contribution in [0.4, 0.5) is 13.2 Å². The summed E-state index contributed by atoms with van der Waals surface area (Å²) in [5, 5.41) is 11.1. The number of rotatable bonds is 4. The first-order valence-electron chi connectivity index (χ1n) is 8.95. The lowest BCUT2D eigenvalue weighted by Gasteiger charge is -2.43. The summed E-state index contributed by atoms with van der Waals surface area (Å²) in [4.78, 5) is 23.8. The zero-order chi connectivity index (χ0) is 22.0. The van der Waals surface area contributed by atoms with Gasteiger partial charge in [-0.05, 0) is 55.3 Å². The van der Waals surface area contributed by atoms with Gasteiger partial charge in [0.1, 0.15) is 11.4 Å². The van der Waals surface area contributed by atoms with Crippen molar-refractivity contribution >= 4 is 11.8 Å². The van der Waals surface area contributed by atoms with E-state index < -0.39 is 28.7 Å². The third-order valence-corrected chi connectivity index (χ3v) is 4.94. The first kappa shape index (κ1) is 22.6. The highest BCUT2D eigenvalue weighted by Gasteiger charge is 2.46. The smallest absolute Gasteiger partial charge is 0.416 e. The molecule has 156 valence electrons. The zero-order valence-electron chi connectivity index (χ0n) is 16.6. The van der Waals surface area contributed by atoms with Gasteiger partial charge in [0.05, 0.1) is 5.56 Å². The summed E-state index contributed by atoms with van der Waals surface area (Å²) in [5.41, 5.74) is -2.11. The normalized spacial score (nSPS) is 22.6. The molecule has 0 fully saturated rings. The van der Waals surface area contributed by atoms with Crippen molar-refractivity contribution in [1.82, 2.24) is 0 Å². The lowest BCUT2D eigenvalue weighted by atomic mass is 9.64. The summed E-state index contributed by atoms with van der Waals surface area (Å²) in [6.45, 7) is 6.79. The van der Waals surface area contributed by atoms with Crippen LogP contribution in [0.25, 0.3) is 0 Å². The van der Waals surface area contributed by atoms with Crippen LogP contribution in [-0.4, -0.2) is 22.5 Å². The highest BCUT2D eigenvalue weighted by atomic mass is 19.4. The predicted molar refractivity (Wildman–Crippen MR) is 102 cm³/mol. The molecule has 0 heterocycles. The predicted octanol–water partition coefficient (Wildman–Crippen LogP) is 4.79. The van der Waals surface area contributed by atoms with Gasteiger partial charge in [-0.25, -0.2) is 4.79 Å². The second kappa shape index (κ2) is 7.99. The maximum Gasteiger partial charge on any atom is 0.416 e. The minimum atomic E-state index is -4.54. The molecule has 29 heavy (non-hydrogen) atoms. The van der Waals surface area contributed by atoms with E-state index in [0.717, 1.165) is 24.3 Å². The number of hydrogen-bond acceptors (Lipinski definition) is 4.